The number of hydrogen-bond acceptors (Lipinski definition) is 4. The molecular formula is C17H15N3O2. The lowest BCUT2D eigenvalue weighted by Gasteiger charge is -2.43. The highest BCUT2D eigenvalue weighted by atomic mass is 16.3. The Hall–Kier alpha value is -2.69. The molecule has 2 heterocycles. The number of carbonyl (C=O) groups excluding carboxylic acids is 1. The molecule has 2 aromatic carbocycles. The Balaban J connectivity index is 1.88. The van der Waals surface area contributed by atoms with Crippen molar-refractivity contribution in [3.63, 3.8) is 0 Å². The van der Waals surface area contributed by atoms with Gasteiger partial charge in [-0.05, 0) is 18.1 Å². The molecule has 0 spiro atoms. The molecule has 0 aromatic heterocycles. The van der Waals surface area contributed by atoms with Crippen molar-refractivity contribution < 1.29 is 4.79 Å². The number of para-hydroxylation sites is 1. The molecule has 1 amide bonds. The largest absolute Gasteiger partial charge is 0.346 e. The summed E-state index contributed by atoms with van der Waals surface area (Å²) in [6.07, 6.45) is 0.467. The van der Waals surface area contributed by atoms with Crippen LogP contribution >= 0.6 is 0 Å². The zero-order chi connectivity index (χ0) is 15.1. The third-order valence-electron chi connectivity index (χ3n) is 4.42. The summed E-state index contributed by atoms with van der Waals surface area (Å²) in [5.74, 6) is -0.103. The lowest BCUT2D eigenvalue weighted by Crippen LogP contribution is -2.49. The zero-order valence-corrected chi connectivity index (χ0v) is 11.9. The van der Waals surface area contributed by atoms with E-state index in [0.29, 0.717) is 18.5 Å². The van der Waals surface area contributed by atoms with Crippen molar-refractivity contribution in [3.05, 3.63) is 70.1 Å². The molecule has 0 saturated carbocycles. The Morgan fingerprint density at radius 1 is 1.09 bits per heavy atom. The first-order valence-electron chi connectivity index (χ1n) is 7.37. The van der Waals surface area contributed by atoms with Crippen molar-refractivity contribution in [1.29, 1.82) is 0 Å². The van der Waals surface area contributed by atoms with Crippen LogP contribution < -0.4 is 10.2 Å². The van der Waals surface area contributed by atoms with Crippen LogP contribution in [-0.4, -0.2) is 12.5 Å². The molecule has 1 N–H and O–H groups in total. The standard InChI is InChI=1S/C17H15N3O2/c21-17-13-8-4-7-12-14(19-22)9-10-20(15(12)13)16(18-17)11-5-2-1-3-6-11/h1-8,14,16H,9-10H2,(H,18,21). The predicted molar refractivity (Wildman–Crippen MR) is 83.6 cm³/mol. The fraction of sp³-hybridized carbons (Fsp3) is 0.235. The van der Waals surface area contributed by atoms with Crippen molar-refractivity contribution in [1.82, 2.24) is 5.32 Å². The Morgan fingerprint density at radius 3 is 2.68 bits per heavy atom. The number of anilines is 1. The number of hydrogen-bond donors (Lipinski definition) is 1. The second kappa shape index (κ2) is 4.94. The number of nitrogens with one attached hydrogen (secondary N) is 1. The van der Waals surface area contributed by atoms with Gasteiger partial charge in [0.15, 0.2) is 0 Å². The summed E-state index contributed by atoms with van der Waals surface area (Å²) in [7, 11) is 0. The van der Waals surface area contributed by atoms with Gasteiger partial charge in [-0.3, -0.25) is 4.79 Å². The molecule has 22 heavy (non-hydrogen) atoms. The average Bonchev–Trinajstić information content (AvgIpc) is 2.58. The molecule has 5 nitrogen and oxygen atoms in total. The molecule has 0 saturated heterocycles. The van der Waals surface area contributed by atoms with Crippen molar-refractivity contribution in [2.75, 3.05) is 11.4 Å². The highest BCUT2D eigenvalue weighted by Gasteiger charge is 2.38. The quantitative estimate of drug-likeness (QED) is 0.865. The van der Waals surface area contributed by atoms with Gasteiger partial charge in [0, 0.05) is 12.1 Å². The van der Waals surface area contributed by atoms with Gasteiger partial charge < -0.3 is 10.2 Å². The van der Waals surface area contributed by atoms with Crippen LogP contribution in [-0.2, 0) is 0 Å². The van der Waals surface area contributed by atoms with E-state index in [2.05, 4.69) is 15.4 Å². The number of rotatable bonds is 2. The van der Waals surface area contributed by atoms with Crippen LogP contribution in [0.4, 0.5) is 5.69 Å². The minimum Gasteiger partial charge on any atom is -0.346 e. The van der Waals surface area contributed by atoms with Crippen LogP contribution in [0.3, 0.4) is 0 Å². The summed E-state index contributed by atoms with van der Waals surface area (Å²) in [4.78, 5) is 25.7. The van der Waals surface area contributed by atoms with E-state index in [1.165, 1.54) is 0 Å². The molecule has 0 radical (unpaired) electrons. The molecular weight excluding hydrogens is 278 g/mol. The van der Waals surface area contributed by atoms with E-state index in [1.807, 2.05) is 42.5 Å². The van der Waals surface area contributed by atoms with E-state index in [-0.39, 0.29) is 18.1 Å². The van der Waals surface area contributed by atoms with E-state index in [9.17, 15) is 9.70 Å². The van der Waals surface area contributed by atoms with Crippen molar-refractivity contribution in [2.24, 2.45) is 5.18 Å². The van der Waals surface area contributed by atoms with E-state index < -0.39 is 0 Å². The molecule has 2 aromatic rings. The first-order chi connectivity index (χ1) is 10.8. The van der Waals surface area contributed by atoms with Gasteiger partial charge in [0.2, 0.25) is 0 Å². The van der Waals surface area contributed by atoms with Crippen LogP contribution in [0.25, 0.3) is 0 Å². The monoisotopic (exact) mass is 293 g/mol. The first-order valence-corrected chi connectivity index (χ1v) is 7.37. The third kappa shape index (κ3) is 1.82. The smallest absolute Gasteiger partial charge is 0.255 e. The molecule has 2 atom stereocenters. The number of nitroso groups, excluding NO2 is 1. The molecule has 2 aliphatic heterocycles. The van der Waals surface area contributed by atoms with Crippen LogP contribution in [0.2, 0.25) is 0 Å². The normalized spacial score (nSPS) is 22.7. The lowest BCUT2D eigenvalue weighted by atomic mass is 9.90. The van der Waals surface area contributed by atoms with E-state index in [1.54, 1.807) is 6.07 Å². The zero-order valence-electron chi connectivity index (χ0n) is 11.9. The summed E-state index contributed by atoms with van der Waals surface area (Å²) in [6.45, 7) is 0.695. The second-order valence-corrected chi connectivity index (χ2v) is 5.63. The summed E-state index contributed by atoms with van der Waals surface area (Å²) >= 11 is 0. The molecule has 2 unspecified atom stereocenters. The van der Waals surface area contributed by atoms with Crippen molar-refractivity contribution in [2.45, 2.75) is 18.6 Å². The maximum absolute atomic E-state index is 12.5. The molecule has 0 aliphatic carbocycles. The fourth-order valence-electron chi connectivity index (χ4n) is 3.41. The Morgan fingerprint density at radius 2 is 1.91 bits per heavy atom. The van der Waals surface area contributed by atoms with Gasteiger partial charge in [0.1, 0.15) is 12.2 Å². The highest BCUT2D eigenvalue weighted by Crippen LogP contribution is 2.43. The highest BCUT2D eigenvalue weighted by molar-refractivity contribution is 6.03. The Labute approximate surface area is 127 Å². The van der Waals surface area contributed by atoms with Crippen LogP contribution in [0.1, 0.15) is 40.1 Å². The maximum Gasteiger partial charge on any atom is 0.255 e. The predicted octanol–water partition coefficient (Wildman–Crippen LogP) is 3.15. The van der Waals surface area contributed by atoms with Gasteiger partial charge in [-0.2, -0.15) is 4.91 Å². The third-order valence-corrected chi connectivity index (χ3v) is 4.42. The Kier molecular flexibility index (Phi) is 2.92. The summed E-state index contributed by atoms with van der Waals surface area (Å²) in [5.41, 5.74) is 3.37. The molecule has 2 aliphatic rings. The number of carbonyl (C=O) groups is 1. The Bertz CT molecular complexity index is 745. The number of nitrogens with zero attached hydrogens (tertiary/aromatic N) is 2. The molecule has 0 fully saturated rings. The summed E-state index contributed by atoms with van der Waals surface area (Å²) < 4.78 is 0. The van der Waals surface area contributed by atoms with Gasteiger partial charge in [0.25, 0.3) is 5.91 Å². The molecule has 5 heteroatoms. The first kappa shape index (κ1) is 13.0. The molecule has 110 valence electrons. The van der Waals surface area contributed by atoms with Gasteiger partial charge in [-0.1, -0.05) is 47.6 Å². The van der Waals surface area contributed by atoms with E-state index in [4.69, 9.17) is 0 Å². The van der Waals surface area contributed by atoms with Crippen LogP contribution in [0.15, 0.2) is 53.7 Å². The SMILES string of the molecule is O=NC1CCN2c3c(cccc31)C(=O)NC2c1ccccc1. The van der Waals surface area contributed by atoms with Gasteiger partial charge >= 0.3 is 0 Å². The van der Waals surface area contributed by atoms with Gasteiger partial charge in [-0.25, -0.2) is 0 Å². The minimum absolute atomic E-state index is 0.103. The van der Waals surface area contributed by atoms with Crippen LogP contribution in [0, 0.1) is 4.91 Å². The summed E-state index contributed by atoms with van der Waals surface area (Å²) in [5, 5.41) is 6.30. The number of amides is 1. The van der Waals surface area contributed by atoms with Gasteiger partial charge in [-0.15, -0.1) is 0 Å². The molecule has 0 bridgehead atoms. The average molecular weight is 293 g/mol. The minimum atomic E-state index is -0.367. The molecule has 4 rings (SSSR count). The van der Waals surface area contributed by atoms with Crippen molar-refractivity contribution >= 4 is 11.6 Å². The second-order valence-electron chi connectivity index (χ2n) is 5.63. The van der Waals surface area contributed by atoms with Crippen molar-refractivity contribution in [3.8, 4) is 0 Å². The van der Waals surface area contributed by atoms with Crippen LogP contribution in [0.5, 0.6) is 0 Å². The van der Waals surface area contributed by atoms with E-state index in [0.717, 1.165) is 16.8 Å². The van der Waals surface area contributed by atoms with Gasteiger partial charge in [0.05, 0.1) is 11.3 Å². The lowest BCUT2D eigenvalue weighted by molar-refractivity contribution is 0.0925. The summed E-state index contributed by atoms with van der Waals surface area (Å²) in [6, 6.07) is 15.0. The fourth-order valence-corrected chi connectivity index (χ4v) is 3.41. The number of benzene rings is 2. The maximum atomic E-state index is 12.5. The van der Waals surface area contributed by atoms with E-state index >= 15 is 0 Å². The topological polar surface area (TPSA) is 61.8 Å².